The van der Waals surface area contributed by atoms with Crippen LogP contribution in [-0.4, -0.2) is 19.3 Å². The van der Waals surface area contributed by atoms with E-state index in [0.717, 1.165) is 5.76 Å². The summed E-state index contributed by atoms with van der Waals surface area (Å²) < 4.78 is 38.3. The number of hydrogen-bond donors (Lipinski definition) is 2. The lowest BCUT2D eigenvalue weighted by atomic mass is 10.3. The van der Waals surface area contributed by atoms with Crippen molar-refractivity contribution < 1.29 is 22.0 Å². The minimum Gasteiger partial charge on any atom is -0.468 e. The van der Waals surface area contributed by atoms with Gasteiger partial charge in [0, 0.05) is 5.69 Å². The van der Waals surface area contributed by atoms with Crippen LogP contribution in [0.2, 0.25) is 0 Å². The van der Waals surface area contributed by atoms with E-state index < -0.39 is 10.0 Å². The van der Waals surface area contributed by atoms with Crippen LogP contribution in [0.1, 0.15) is 26.9 Å². The van der Waals surface area contributed by atoms with Crippen LogP contribution < -0.4 is 10.0 Å². The molecule has 0 saturated carbocycles. The highest BCUT2D eigenvalue weighted by atomic mass is 32.2. The number of benzene rings is 1. The summed E-state index contributed by atoms with van der Waals surface area (Å²) in [5.41, 5.74) is 0.921. The number of nitrogens with zero attached hydrogens (tertiary/aromatic N) is 1. The molecule has 0 fully saturated rings. The highest BCUT2D eigenvalue weighted by Crippen LogP contribution is 2.30. The summed E-state index contributed by atoms with van der Waals surface area (Å²) in [6, 6.07) is 13.0. The molecule has 0 spiro atoms. The lowest BCUT2D eigenvalue weighted by molar-refractivity contribution is 0.102. The SMILES string of the molecule is Cc1ccc(-c2nc(C)c(C(=O)Nc3cccc(S(=O)(=O)NCc4ccco4)c3)s2)o1. The van der Waals surface area contributed by atoms with Gasteiger partial charge in [0.25, 0.3) is 5.91 Å². The van der Waals surface area contributed by atoms with E-state index in [2.05, 4.69) is 15.0 Å². The number of sulfonamides is 1. The monoisotopic (exact) mass is 457 g/mol. The molecule has 0 saturated heterocycles. The molecule has 3 aromatic heterocycles. The van der Waals surface area contributed by atoms with E-state index in [9.17, 15) is 13.2 Å². The smallest absolute Gasteiger partial charge is 0.267 e. The number of rotatable bonds is 7. The first-order valence-corrected chi connectivity index (χ1v) is 11.6. The molecule has 2 N–H and O–H groups in total. The van der Waals surface area contributed by atoms with Crippen molar-refractivity contribution in [2.45, 2.75) is 25.3 Å². The third kappa shape index (κ3) is 4.76. The summed E-state index contributed by atoms with van der Waals surface area (Å²) in [6.45, 7) is 3.60. The third-order valence-corrected chi connectivity index (χ3v) is 6.94. The highest BCUT2D eigenvalue weighted by Gasteiger charge is 2.19. The molecule has 10 heteroatoms. The molecule has 1 aromatic carbocycles. The average molecular weight is 458 g/mol. The zero-order valence-electron chi connectivity index (χ0n) is 16.7. The molecule has 0 atom stereocenters. The first-order valence-electron chi connectivity index (χ1n) is 9.29. The van der Waals surface area contributed by atoms with Gasteiger partial charge in [-0.05, 0) is 56.3 Å². The Morgan fingerprint density at radius 2 is 1.97 bits per heavy atom. The quantitative estimate of drug-likeness (QED) is 0.427. The Morgan fingerprint density at radius 1 is 1.13 bits per heavy atom. The number of hydrogen-bond acceptors (Lipinski definition) is 7. The number of aryl methyl sites for hydroxylation is 2. The van der Waals surface area contributed by atoms with Crippen LogP contribution >= 0.6 is 11.3 Å². The minimum atomic E-state index is -3.78. The van der Waals surface area contributed by atoms with Gasteiger partial charge in [0.1, 0.15) is 16.4 Å². The number of nitrogens with one attached hydrogen (secondary N) is 2. The van der Waals surface area contributed by atoms with Gasteiger partial charge in [-0.3, -0.25) is 4.79 Å². The van der Waals surface area contributed by atoms with Gasteiger partial charge < -0.3 is 14.2 Å². The zero-order chi connectivity index (χ0) is 22.0. The summed E-state index contributed by atoms with van der Waals surface area (Å²) >= 11 is 1.21. The summed E-state index contributed by atoms with van der Waals surface area (Å²) in [7, 11) is -3.78. The van der Waals surface area contributed by atoms with Crippen molar-refractivity contribution in [1.82, 2.24) is 9.71 Å². The predicted octanol–water partition coefficient (Wildman–Crippen LogP) is 4.34. The Balaban J connectivity index is 1.50. The van der Waals surface area contributed by atoms with Crippen LogP contribution in [0.5, 0.6) is 0 Å². The second-order valence-electron chi connectivity index (χ2n) is 6.73. The van der Waals surface area contributed by atoms with E-state index >= 15 is 0 Å². The molecular formula is C21H19N3O5S2. The molecule has 0 unspecified atom stereocenters. The third-order valence-electron chi connectivity index (χ3n) is 4.37. The fraction of sp³-hybridized carbons (Fsp3) is 0.143. The van der Waals surface area contributed by atoms with Gasteiger partial charge in [0.2, 0.25) is 10.0 Å². The second kappa shape index (κ2) is 8.50. The number of carbonyl (C=O) groups excluding carboxylic acids is 1. The standard InChI is InChI=1S/C21H19N3O5S2/c1-13-8-9-18(29-13)21-23-14(2)19(30-21)20(25)24-15-5-3-7-17(11-15)31(26,27)22-12-16-6-4-10-28-16/h3-11,22H,12H2,1-2H3,(H,24,25). The van der Waals surface area contributed by atoms with Crippen LogP contribution in [0.3, 0.4) is 0 Å². The van der Waals surface area contributed by atoms with E-state index in [1.807, 2.05) is 13.0 Å². The molecule has 1 amide bonds. The van der Waals surface area contributed by atoms with Crippen molar-refractivity contribution in [2.24, 2.45) is 0 Å². The summed E-state index contributed by atoms with van der Waals surface area (Å²) in [5.74, 6) is 1.48. The largest absolute Gasteiger partial charge is 0.468 e. The van der Waals surface area contributed by atoms with E-state index in [-0.39, 0.29) is 17.3 Å². The second-order valence-corrected chi connectivity index (χ2v) is 9.50. The number of anilines is 1. The van der Waals surface area contributed by atoms with Crippen LogP contribution in [0.15, 0.2) is 68.5 Å². The van der Waals surface area contributed by atoms with Gasteiger partial charge in [-0.1, -0.05) is 6.07 Å². The first-order chi connectivity index (χ1) is 14.8. The Kier molecular flexibility index (Phi) is 5.77. The lowest BCUT2D eigenvalue weighted by Gasteiger charge is -2.08. The van der Waals surface area contributed by atoms with Crippen molar-refractivity contribution >= 4 is 33.0 Å². The van der Waals surface area contributed by atoms with Crippen molar-refractivity contribution in [1.29, 1.82) is 0 Å². The fourth-order valence-corrected chi connectivity index (χ4v) is 4.82. The maximum absolute atomic E-state index is 12.8. The maximum atomic E-state index is 12.8. The van der Waals surface area contributed by atoms with Crippen molar-refractivity contribution in [2.75, 3.05) is 5.32 Å². The van der Waals surface area contributed by atoms with Gasteiger partial charge in [-0.15, -0.1) is 11.3 Å². The number of carbonyl (C=O) groups is 1. The van der Waals surface area contributed by atoms with E-state index in [4.69, 9.17) is 8.83 Å². The van der Waals surface area contributed by atoms with Gasteiger partial charge in [0.15, 0.2) is 10.8 Å². The summed E-state index contributed by atoms with van der Waals surface area (Å²) in [6.07, 6.45) is 1.47. The number of thiazole rings is 1. The molecule has 3 heterocycles. The molecule has 160 valence electrons. The van der Waals surface area contributed by atoms with Gasteiger partial charge in [-0.2, -0.15) is 0 Å². The summed E-state index contributed by atoms with van der Waals surface area (Å²) in [5, 5.41) is 3.35. The molecule has 0 aliphatic rings. The molecule has 0 aliphatic heterocycles. The van der Waals surface area contributed by atoms with Crippen molar-refractivity contribution in [3.8, 4) is 10.8 Å². The molecule has 0 aliphatic carbocycles. The van der Waals surface area contributed by atoms with E-state index in [1.165, 1.54) is 29.7 Å². The predicted molar refractivity (Wildman–Crippen MR) is 116 cm³/mol. The molecule has 4 rings (SSSR count). The molecular weight excluding hydrogens is 438 g/mol. The van der Waals surface area contributed by atoms with Crippen LogP contribution in [-0.2, 0) is 16.6 Å². The van der Waals surface area contributed by atoms with E-state index in [1.54, 1.807) is 37.3 Å². The van der Waals surface area contributed by atoms with Crippen LogP contribution in [0.4, 0.5) is 5.69 Å². The Bertz CT molecular complexity index is 1320. The molecule has 0 radical (unpaired) electrons. The molecule has 0 bridgehead atoms. The van der Waals surface area contributed by atoms with E-state index in [0.29, 0.717) is 32.8 Å². The topological polar surface area (TPSA) is 114 Å². The number of amides is 1. The fourth-order valence-electron chi connectivity index (χ4n) is 2.85. The average Bonchev–Trinajstić information content (AvgIpc) is 3.48. The van der Waals surface area contributed by atoms with Crippen LogP contribution in [0, 0.1) is 13.8 Å². The Labute approximate surface area is 183 Å². The zero-order valence-corrected chi connectivity index (χ0v) is 18.3. The normalized spacial score (nSPS) is 11.5. The first kappa shape index (κ1) is 21.0. The molecule has 8 nitrogen and oxygen atoms in total. The summed E-state index contributed by atoms with van der Waals surface area (Å²) in [4.78, 5) is 17.6. The molecule has 31 heavy (non-hydrogen) atoms. The number of aromatic nitrogens is 1. The lowest BCUT2D eigenvalue weighted by Crippen LogP contribution is -2.23. The van der Waals surface area contributed by atoms with Gasteiger partial charge >= 0.3 is 0 Å². The van der Waals surface area contributed by atoms with Crippen LogP contribution in [0.25, 0.3) is 10.8 Å². The minimum absolute atomic E-state index is 0.0288. The van der Waals surface area contributed by atoms with Gasteiger partial charge in [0.05, 0.1) is 23.4 Å². The number of furan rings is 2. The van der Waals surface area contributed by atoms with Gasteiger partial charge in [-0.25, -0.2) is 18.1 Å². The van der Waals surface area contributed by atoms with Crippen molar-refractivity contribution in [3.05, 3.63) is 76.9 Å². The Hall–Kier alpha value is -3.21. The molecule has 4 aromatic rings. The highest BCUT2D eigenvalue weighted by molar-refractivity contribution is 7.89. The van der Waals surface area contributed by atoms with Crippen molar-refractivity contribution in [3.63, 3.8) is 0 Å². The maximum Gasteiger partial charge on any atom is 0.267 e. The Morgan fingerprint density at radius 3 is 2.68 bits per heavy atom.